The van der Waals surface area contributed by atoms with Crippen molar-refractivity contribution in [2.75, 3.05) is 4.31 Å². The van der Waals surface area contributed by atoms with Crippen LogP contribution in [0.15, 0.2) is 47.4 Å². The van der Waals surface area contributed by atoms with E-state index in [1.807, 2.05) is 19.1 Å². The lowest BCUT2D eigenvalue weighted by Crippen LogP contribution is -2.53. The largest absolute Gasteiger partial charge is 0.486 e. The summed E-state index contributed by atoms with van der Waals surface area (Å²) in [6.45, 7) is 1.94. The van der Waals surface area contributed by atoms with E-state index < -0.39 is 10.0 Å². The fourth-order valence-corrected chi connectivity index (χ4v) is 5.59. The number of fused-ring (bicyclic) bond motifs is 2. The van der Waals surface area contributed by atoms with Gasteiger partial charge in [-0.05, 0) is 56.5 Å². The fourth-order valence-electron chi connectivity index (χ4n) is 3.72. The Morgan fingerprint density at radius 2 is 1.80 bits per heavy atom. The molecule has 1 aliphatic heterocycles. The molecule has 1 aliphatic carbocycles. The van der Waals surface area contributed by atoms with Gasteiger partial charge in [0.25, 0.3) is 10.0 Å². The van der Waals surface area contributed by atoms with Crippen molar-refractivity contribution in [3.63, 3.8) is 0 Å². The molecule has 4 nitrogen and oxygen atoms in total. The van der Waals surface area contributed by atoms with Crippen LogP contribution in [0.5, 0.6) is 5.75 Å². The molecular weight excluding hydrogens is 358 g/mol. The summed E-state index contributed by atoms with van der Waals surface area (Å²) < 4.78 is 34.6. The molecule has 2 aromatic carbocycles. The number of ether oxygens (including phenoxy) is 1. The lowest BCUT2D eigenvalue weighted by molar-refractivity contribution is 0.122. The molecule has 1 fully saturated rings. The Hall–Kier alpha value is -1.72. The highest BCUT2D eigenvalue weighted by Gasteiger charge is 2.43. The van der Waals surface area contributed by atoms with Gasteiger partial charge in [-0.1, -0.05) is 35.7 Å². The number of sulfonamides is 1. The molecule has 0 saturated heterocycles. The molecule has 2 aliphatic rings. The van der Waals surface area contributed by atoms with E-state index in [0.717, 1.165) is 31.2 Å². The second-order valence-electron chi connectivity index (χ2n) is 6.73. The molecule has 1 heterocycles. The highest BCUT2D eigenvalue weighted by atomic mass is 35.5. The Kier molecular flexibility index (Phi) is 4.16. The predicted molar refractivity (Wildman–Crippen MR) is 99.0 cm³/mol. The minimum atomic E-state index is -3.68. The average molecular weight is 378 g/mol. The monoisotopic (exact) mass is 377 g/mol. The van der Waals surface area contributed by atoms with Gasteiger partial charge < -0.3 is 4.74 Å². The van der Waals surface area contributed by atoms with E-state index in [0.29, 0.717) is 21.4 Å². The maximum absolute atomic E-state index is 13.5. The van der Waals surface area contributed by atoms with Crippen LogP contribution in [0.1, 0.15) is 31.2 Å². The first-order valence-electron chi connectivity index (χ1n) is 8.54. The zero-order valence-electron chi connectivity index (χ0n) is 14.0. The summed E-state index contributed by atoms with van der Waals surface area (Å²) in [6.07, 6.45) is 3.61. The van der Waals surface area contributed by atoms with Gasteiger partial charge in [-0.15, -0.1) is 0 Å². The quantitative estimate of drug-likeness (QED) is 0.771. The first kappa shape index (κ1) is 16.7. The zero-order valence-corrected chi connectivity index (χ0v) is 15.6. The molecule has 0 amide bonds. The Morgan fingerprint density at radius 3 is 2.56 bits per heavy atom. The highest BCUT2D eigenvalue weighted by Crippen LogP contribution is 2.44. The van der Waals surface area contributed by atoms with Gasteiger partial charge in [0, 0.05) is 5.02 Å². The maximum atomic E-state index is 13.5. The number of halogens is 1. The third-order valence-electron chi connectivity index (χ3n) is 4.98. The molecule has 4 rings (SSSR count). The van der Waals surface area contributed by atoms with E-state index in [1.165, 1.54) is 0 Å². The normalized spacial score (nSPS) is 22.7. The molecule has 1 saturated carbocycles. The molecule has 25 heavy (non-hydrogen) atoms. The van der Waals surface area contributed by atoms with Crippen molar-refractivity contribution in [2.45, 2.75) is 49.6 Å². The fraction of sp³-hybridized carbons (Fsp3) is 0.368. The van der Waals surface area contributed by atoms with Crippen LogP contribution >= 0.6 is 11.6 Å². The van der Waals surface area contributed by atoms with Crippen molar-refractivity contribution in [3.05, 3.63) is 53.1 Å². The predicted octanol–water partition coefficient (Wildman–Crippen LogP) is 4.55. The van der Waals surface area contributed by atoms with Crippen LogP contribution in [0.3, 0.4) is 0 Å². The Morgan fingerprint density at radius 1 is 1.08 bits per heavy atom. The number of nitrogens with zero attached hydrogens (tertiary/aromatic N) is 1. The number of rotatable bonds is 2. The second kappa shape index (κ2) is 6.22. The van der Waals surface area contributed by atoms with Crippen LogP contribution in [0, 0.1) is 6.92 Å². The molecule has 0 aromatic heterocycles. The van der Waals surface area contributed by atoms with Gasteiger partial charge in [0.05, 0.1) is 16.6 Å². The summed E-state index contributed by atoms with van der Waals surface area (Å²) in [7, 11) is -3.68. The highest BCUT2D eigenvalue weighted by molar-refractivity contribution is 7.92. The summed E-state index contributed by atoms with van der Waals surface area (Å²) in [5.41, 5.74) is 1.57. The van der Waals surface area contributed by atoms with Gasteiger partial charge in [0.2, 0.25) is 0 Å². The van der Waals surface area contributed by atoms with Crippen molar-refractivity contribution >= 4 is 27.3 Å². The summed E-state index contributed by atoms with van der Waals surface area (Å²) in [4.78, 5) is 0.301. The molecule has 0 unspecified atom stereocenters. The Bertz CT molecular complexity index is 895. The molecule has 0 radical (unpaired) electrons. The Balaban J connectivity index is 1.87. The zero-order chi connectivity index (χ0) is 17.6. The number of hydrogen-bond acceptors (Lipinski definition) is 3. The van der Waals surface area contributed by atoms with Crippen LogP contribution in [0.2, 0.25) is 5.02 Å². The lowest BCUT2D eigenvalue weighted by atomic mass is 9.91. The molecule has 6 heteroatoms. The molecule has 0 N–H and O–H groups in total. The minimum absolute atomic E-state index is 0.109. The van der Waals surface area contributed by atoms with E-state index in [2.05, 4.69) is 0 Å². The average Bonchev–Trinajstić information content (AvgIpc) is 2.60. The Labute approximate surface area is 153 Å². The molecule has 2 atom stereocenters. The topological polar surface area (TPSA) is 46.6 Å². The minimum Gasteiger partial charge on any atom is -0.486 e. The summed E-state index contributed by atoms with van der Waals surface area (Å²) in [5.74, 6) is 0.586. The maximum Gasteiger partial charge on any atom is 0.264 e. The van der Waals surface area contributed by atoms with Crippen molar-refractivity contribution in [3.8, 4) is 5.75 Å². The van der Waals surface area contributed by atoms with E-state index in [1.54, 1.807) is 34.6 Å². The van der Waals surface area contributed by atoms with Crippen LogP contribution in [-0.2, 0) is 10.0 Å². The second-order valence-corrected chi connectivity index (χ2v) is 8.99. The van der Waals surface area contributed by atoms with Gasteiger partial charge >= 0.3 is 0 Å². The number of benzene rings is 2. The van der Waals surface area contributed by atoms with Crippen LogP contribution < -0.4 is 9.04 Å². The van der Waals surface area contributed by atoms with Gasteiger partial charge in [-0.3, -0.25) is 4.31 Å². The van der Waals surface area contributed by atoms with Gasteiger partial charge in [-0.2, -0.15) is 0 Å². The summed E-state index contributed by atoms with van der Waals surface area (Å²) in [6, 6.07) is 12.0. The van der Waals surface area contributed by atoms with E-state index in [4.69, 9.17) is 16.3 Å². The van der Waals surface area contributed by atoms with Crippen LogP contribution in [-0.4, -0.2) is 20.6 Å². The van der Waals surface area contributed by atoms with Crippen LogP contribution in [0.25, 0.3) is 0 Å². The van der Waals surface area contributed by atoms with Crippen molar-refractivity contribution < 1.29 is 13.2 Å². The first-order valence-corrected chi connectivity index (χ1v) is 10.4. The molecule has 0 bridgehead atoms. The van der Waals surface area contributed by atoms with Crippen LogP contribution in [0.4, 0.5) is 5.69 Å². The first-order chi connectivity index (χ1) is 12.0. The van der Waals surface area contributed by atoms with Crippen molar-refractivity contribution in [1.29, 1.82) is 0 Å². The number of aryl methyl sites for hydroxylation is 1. The molecule has 2 aromatic rings. The van der Waals surface area contributed by atoms with Crippen molar-refractivity contribution in [2.24, 2.45) is 0 Å². The number of hydrogen-bond donors (Lipinski definition) is 0. The van der Waals surface area contributed by atoms with E-state index in [-0.39, 0.29) is 12.1 Å². The lowest BCUT2D eigenvalue weighted by Gasteiger charge is -2.44. The third-order valence-corrected chi connectivity index (χ3v) is 7.07. The summed E-state index contributed by atoms with van der Waals surface area (Å²) >= 11 is 6.16. The standard InChI is InChI=1S/C19H20ClNO3S/c1-13-6-9-15(10-7-13)25(22,23)21-16-4-2-3-5-18(16)24-19-11-8-14(20)12-17(19)21/h6-12,16,18H,2-5H2,1H3/t16-,18-/m1/s1. The number of anilines is 1. The molecule has 0 spiro atoms. The summed E-state index contributed by atoms with van der Waals surface area (Å²) in [5, 5.41) is 0.501. The smallest absolute Gasteiger partial charge is 0.264 e. The van der Waals surface area contributed by atoms with Gasteiger partial charge in [0.1, 0.15) is 11.9 Å². The SMILES string of the molecule is Cc1ccc(S(=O)(=O)N2c3cc(Cl)ccc3O[C@@H]3CCCC[C@H]32)cc1. The molecular formula is C19H20ClNO3S. The van der Waals surface area contributed by atoms with Gasteiger partial charge in [-0.25, -0.2) is 8.42 Å². The third kappa shape index (κ3) is 2.89. The molecule has 132 valence electrons. The van der Waals surface area contributed by atoms with E-state index >= 15 is 0 Å². The van der Waals surface area contributed by atoms with Gasteiger partial charge in [0.15, 0.2) is 0 Å². The van der Waals surface area contributed by atoms with E-state index in [9.17, 15) is 8.42 Å². The van der Waals surface area contributed by atoms with Crippen molar-refractivity contribution in [1.82, 2.24) is 0 Å².